The summed E-state index contributed by atoms with van der Waals surface area (Å²) in [4.78, 5) is 10.9. The standard InChI is InChI=1S/C10H11FO2.H2/c1-7(12)9-3-5-10(6-4-9)13-8(2)11;/h3-6,8H,1-2H3;1H. The number of carbonyl (C=O) groups is 1. The molecule has 0 aromatic heterocycles. The Morgan fingerprint density at radius 1 is 1.46 bits per heavy atom. The van der Waals surface area contributed by atoms with Gasteiger partial charge in [-0.25, -0.2) is 4.39 Å². The second-order valence-electron chi connectivity index (χ2n) is 2.74. The van der Waals surface area contributed by atoms with E-state index in [4.69, 9.17) is 4.74 Å². The quantitative estimate of drug-likeness (QED) is 0.675. The van der Waals surface area contributed by atoms with E-state index in [0.29, 0.717) is 11.3 Å². The van der Waals surface area contributed by atoms with E-state index in [0.717, 1.165) is 0 Å². The van der Waals surface area contributed by atoms with Crippen molar-refractivity contribution in [3.8, 4) is 5.75 Å². The van der Waals surface area contributed by atoms with E-state index in [1.54, 1.807) is 24.3 Å². The van der Waals surface area contributed by atoms with Gasteiger partial charge in [-0.3, -0.25) is 4.79 Å². The van der Waals surface area contributed by atoms with Gasteiger partial charge in [0.15, 0.2) is 5.78 Å². The number of ketones is 1. The smallest absolute Gasteiger partial charge is 0.235 e. The third-order valence-corrected chi connectivity index (χ3v) is 1.56. The van der Waals surface area contributed by atoms with Crippen molar-refractivity contribution in [1.82, 2.24) is 0 Å². The van der Waals surface area contributed by atoms with Crippen molar-refractivity contribution in [1.29, 1.82) is 0 Å². The second kappa shape index (κ2) is 4.03. The fourth-order valence-corrected chi connectivity index (χ4v) is 0.956. The van der Waals surface area contributed by atoms with Crippen molar-refractivity contribution in [3.63, 3.8) is 0 Å². The lowest BCUT2D eigenvalue weighted by molar-refractivity contribution is 0.0860. The molecule has 0 fully saturated rings. The van der Waals surface area contributed by atoms with E-state index in [9.17, 15) is 9.18 Å². The molecule has 0 aliphatic heterocycles. The average Bonchev–Trinajstić information content (AvgIpc) is 2.04. The first-order valence-corrected chi connectivity index (χ1v) is 4.01. The van der Waals surface area contributed by atoms with Crippen LogP contribution in [0.3, 0.4) is 0 Å². The molecule has 0 radical (unpaired) electrons. The van der Waals surface area contributed by atoms with Crippen LogP contribution in [0.1, 0.15) is 25.6 Å². The normalized spacial score (nSPS) is 12.2. The van der Waals surface area contributed by atoms with Gasteiger partial charge in [-0.1, -0.05) is 0 Å². The number of hydrogen-bond acceptors (Lipinski definition) is 2. The predicted molar refractivity (Wildman–Crippen MR) is 49.8 cm³/mol. The van der Waals surface area contributed by atoms with Crippen LogP contribution in [0.4, 0.5) is 4.39 Å². The molecule has 0 amide bonds. The number of alkyl halides is 1. The number of benzene rings is 1. The van der Waals surface area contributed by atoms with E-state index in [1.165, 1.54) is 13.8 Å². The lowest BCUT2D eigenvalue weighted by Crippen LogP contribution is -2.03. The number of halogens is 1. The maximum atomic E-state index is 12.4. The van der Waals surface area contributed by atoms with Crippen LogP contribution in [-0.4, -0.2) is 12.1 Å². The van der Waals surface area contributed by atoms with E-state index in [-0.39, 0.29) is 7.21 Å². The molecule has 0 spiro atoms. The van der Waals surface area contributed by atoms with Gasteiger partial charge in [0.25, 0.3) is 0 Å². The summed E-state index contributed by atoms with van der Waals surface area (Å²) in [7, 11) is 0. The Balaban J connectivity index is 0.00000169. The molecule has 0 heterocycles. The topological polar surface area (TPSA) is 26.3 Å². The van der Waals surface area contributed by atoms with Crippen LogP contribution in [0.25, 0.3) is 0 Å². The van der Waals surface area contributed by atoms with Gasteiger partial charge in [0.05, 0.1) is 0 Å². The van der Waals surface area contributed by atoms with Crippen LogP contribution in [0.15, 0.2) is 24.3 Å². The molecule has 0 aliphatic carbocycles. The number of hydrogen-bond donors (Lipinski definition) is 0. The first-order valence-electron chi connectivity index (χ1n) is 4.01. The minimum Gasteiger partial charge on any atom is -0.461 e. The summed E-state index contributed by atoms with van der Waals surface area (Å²) in [5.74, 6) is 0.417. The predicted octanol–water partition coefficient (Wildman–Crippen LogP) is 2.83. The highest BCUT2D eigenvalue weighted by Gasteiger charge is 2.01. The second-order valence-corrected chi connectivity index (χ2v) is 2.74. The summed E-state index contributed by atoms with van der Waals surface area (Å²) >= 11 is 0. The van der Waals surface area contributed by atoms with Crippen LogP contribution >= 0.6 is 0 Å². The van der Waals surface area contributed by atoms with Crippen LogP contribution in [0.2, 0.25) is 0 Å². The fourth-order valence-electron chi connectivity index (χ4n) is 0.956. The molecule has 1 aromatic rings. The fraction of sp³-hybridized carbons (Fsp3) is 0.300. The molecule has 72 valence electrons. The minimum atomic E-state index is -1.33. The molecule has 0 bridgehead atoms. The monoisotopic (exact) mass is 184 g/mol. The molecule has 0 N–H and O–H groups in total. The van der Waals surface area contributed by atoms with Gasteiger partial charge in [-0.05, 0) is 31.2 Å². The van der Waals surface area contributed by atoms with Crippen molar-refractivity contribution in [2.45, 2.75) is 20.2 Å². The number of carbonyl (C=O) groups excluding carboxylic acids is 1. The Bertz CT molecular complexity index is 295. The zero-order valence-corrected chi connectivity index (χ0v) is 7.58. The summed E-state index contributed by atoms with van der Waals surface area (Å²) in [6, 6.07) is 6.37. The highest BCUT2D eigenvalue weighted by Crippen LogP contribution is 2.14. The Labute approximate surface area is 77.8 Å². The minimum absolute atomic E-state index is 0. The zero-order chi connectivity index (χ0) is 9.84. The van der Waals surface area contributed by atoms with E-state index < -0.39 is 6.36 Å². The molecule has 0 aliphatic rings. The van der Waals surface area contributed by atoms with Gasteiger partial charge in [-0.15, -0.1) is 0 Å². The Kier molecular flexibility index (Phi) is 3.01. The van der Waals surface area contributed by atoms with Gasteiger partial charge in [0.2, 0.25) is 6.36 Å². The first kappa shape index (κ1) is 9.71. The van der Waals surface area contributed by atoms with Gasteiger partial charge >= 0.3 is 0 Å². The summed E-state index contributed by atoms with van der Waals surface area (Å²) in [6.07, 6.45) is -1.33. The van der Waals surface area contributed by atoms with E-state index in [1.807, 2.05) is 0 Å². The zero-order valence-electron chi connectivity index (χ0n) is 7.58. The average molecular weight is 184 g/mol. The van der Waals surface area contributed by atoms with Crippen molar-refractivity contribution in [2.24, 2.45) is 0 Å². The molecule has 0 saturated heterocycles. The molecule has 1 aromatic carbocycles. The SMILES string of the molecule is CC(=O)c1ccc(OC(C)F)cc1.[HH]. The van der Waals surface area contributed by atoms with E-state index in [2.05, 4.69) is 0 Å². The molecular weight excluding hydrogens is 171 g/mol. The molecule has 1 rings (SSSR count). The highest BCUT2D eigenvalue weighted by atomic mass is 19.1. The molecule has 2 nitrogen and oxygen atoms in total. The summed E-state index contributed by atoms with van der Waals surface area (Å²) in [5.41, 5.74) is 0.596. The van der Waals surface area contributed by atoms with Gasteiger partial charge in [-0.2, -0.15) is 0 Å². The third-order valence-electron chi connectivity index (χ3n) is 1.56. The summed E-state index contributed by atoms with van der Waals surface area (Å²) < 4.78 is 17.1. The van der Waals surface area contributed by atoms with Crippen LogP contribution in [-0.2, 0) is 0 Å². The van der Waals surface area contributed by atoms with Gasteiger partial charge in [0.1, 0.15) is 5.75 Å². The molecule has 1 atom stereocenters. The maximum absolute atomic E-state index is 12.4. The first-order chi connectivity index (χ1) is 6.09. The number of rotatable bonds is 3. The lowest BCUT2D eigenvalue weighted by Gasteiger charge is -2.06. The molecule has 1 unspecified atom stereocenters. The van der Waals surface area contributed by atoms with Crippen LogP contribution in [0.5, 0.6) is 5.75 Å². The Morgan fingerprint density at radius 3 is 2.38 bits per heavy atom. The number of ether oxygens (including phenoxy) is 1. The molecule has 3 heteroatoms. The maximum Gasteiger partial charge on any atom is 0.235 e. The number of Topliss-reactive ketones (excluding diaryl/α,β-unsaturated/α-hetero) is 1. The Morgan fingerprint density at radius 2 is 2.00 bits per heavy atom. The molecule has 13 heavy (non-hydrogen) atoms. The van der Waals surface area contributed by atoms with Crippen LogP contribution < -0.4 is 4.74 Å². The van der Waals surface area contributed by atoms with Gasteiger partial charge < -0.3 is 4.74 Å². The van der Waals surface area contributed by atoms with Crippen molar-refractivity contribution in [2.75, 3.05) is 0 Å². The highest BCUT2D eigenvalue weighted by molar-refractivity contribution is 5.94. The largest absolute Gasteiger partial charge is 0.461 e. The molecule has 0 saturated carbocycles. The van der Waals surface area contributed by atoms with Crippen molar-refractivity contribution < 1.29 is 15.3 Å². The third kappa shape index (κ3) is 2.86. The Hall–Kier alpha value is -1.38. The summed E-state index contributed by atoms with van der Waals surface area (Å²) in [5, 5.41) is 0. The van der Waals surface area contributed by atoms with Gasteiger partial charge in [0, 0.05) is 13.9 Å². The summed E-state index contributed by atoms with van der Waals surface area (Å²) in [6.45, 7) is 2.78. The lowest BCUT2D eigenvalue weighted by atomic mass is 10.1. The van der Waals surface area contributed by atoms with Crippen molar-refractivity contribution in [3.05, 3.63) is 29.8 Å². The van der Waals surface area contributed by atoms with Crippen molar-refractivity contribution >= 4 is 5.78 Å². The van der Waals surface area contributed by atoms with Crippen LogP contribution in [0, 0.1) is 0 Å². The van der Waals surface area contributed by atoms with E-state index >= 15 is 0 Å². The molecular formula is C10H13FO2.